The van der Waals surface area contributed by atoms with Crippen molar-refractivity contribution in [3.05, 3.63) is 48.2 Å². The number of nitrogens with zero attached hydrogens (tertiary/aromatic N) is 2. The number of carbonyl (C=O) groups is 1. The number of aromatic nitrogens is 1. The summed E-state index contributed by atoms with van der Waals surface area (Å²) < 4.78 is 11.3. The van der Waals surface area contributed by atoms with Crippen LogP contribution in [0.1, 0.15) is 61.7 Å². The molecule has 1 fully saturated rings. The lowest BCUT2D eigenvalue weighted by atomic mass is 10.1. The lowest BCUT2D eigenvalue weighted by Crippen LogP contribution is -2.34. The number of rotatable bonds is 4. The van der Waals surface area contributed by atoms with Crippen LogP contribution in [0.25, 0.3) is 0 Å². The fraction of sp³-hybridized carbons (Fsp3) is 0.474. The van der Waals surface area contributed by atoms with Crippen LogP contribution in [-0.4, -0.2) is 28.4 Å². The average Bonchev–Trinajstić information content (AvgIpc) is 2.98. The first kappa shape index (κ1) is 16.6. The van der Waals surface area contributed by atoms with Gasteiger partial charge >= 0.3 is 0 Å². The molecule has 5 heteroatoms. The molecule has 0 saturated carbocycles. The number of furan rings is 1. The normalized spacial score (nSPS) is 18.5. The second-order valence-corrected chi connectivity index (χ2v) is 6.46. The van der Waals surface area contributed by atoms with Crippen LogP contribution in [0.4, 0.5) is 0 Å². The molecule has 0 radical (unpaired) electrons. The minimum absolute atomic E-state index is 0.00956. The van der Waals surface area contributed by atoms with E-state index in [-0.39, 0.29) is 18.1 Å². The van der Waals surface area contributed by atoms with Crippen molar-refractivity contribution in [1.29, 1.82) is 0 Å². The summed E-state index contributed by atoms with van der Waals surface area (Å²) in [6.45, 7) is 4.64. The van der Waals surface area contributed by atoms with Gasteiger partial charge in [0.15, 0.2) is 0 Å². The molecule has 0 aromatic carbocycles. The summed E-state index contributed by atoms with van der Waals surface area (Å²) in [5, 5.41) is 0. The van der Waals surface area contributed by atoms with Crippen molar-refractivity contribution in [2.45, 2.75) is 51.7 Å². The lowest BCUT2D eigenvalue weighted by molar-refractivity contribution is 0.0657. The molecule has 0 aliphatic carbocycles. The van der Waals surface area contributed by atoms with Crippen molar-refractivity contribution in [2.24, 2.45) is 0 Å². The molecule has 2 aromatic heterocycles. The zero-order valence-corrected chi connectivity index (χ0v) is 14.3. The van der Waals surface area contributed by atoms with Gasteiger partial charge in [0, 0.05) is 12.7 Å². The summed E-state index contributed by atoms with van der Waals surface area (Å²) in [5.74, 6) is 1.47. The highest BCUT2D eigenvalue weighted by molar-refractivity contribution is 5.94. The molecule has 0 bridgehead atoms. The van der Waals surface area contributed by atoms with Crippen LogP contribution < -0.4 is 4.74 Å². The van der Waals surface area contributed by atoms with Crippen LogP contribution in [0, 0.1) is 0 Å². The SMILES string of the molecule is CC(C)Oc1cncc(C(=O)N2CCCCCC2c2ccco2)c1. The molecular formula is C19H24N2O3. The van der Waals surface area contributed by atoms with Crippen molar-refractivity contribution < 1.29 is 13.9 Å². The molecular weight excluding hydrogens is 304 g/mol. The van der Waals surface area contributed by atoms with Gasteiger partial charge in [-0.3, -0.25) is 9.78 Å². The Balaban J connectivity index is 1.85. The van der Waals surface area contributed by atoms with E-state index in [1.165, 1.54) is 0 Å². The zero-order valence-electron chi connectivity index (χ0n) is 14.3. The summed E-state index contributed by atoms with van der Waals surface area (Å²) >= 11 is 0. The molecule has 128 valence electrons. The summed E-state index contributed by atoms with van der Waals surface area (Å²) in [6.07, 6.45) is 9.14. The first-order valence-corrected chi connectivity index (χ1v) is 8.61. The standard InChI is InChI=1S/C19H24N2O3/c1-14(2)24-16-11-15(12-20-13-16)19(22)21-9-5-3-4-7-17(21)18-8-6-10-23-18/h6,8,10-14,17H,3-5,7,9H2,1-2H3. The highest BCUT2D eigenvalue weighted by atomic mass is 16.5. The zero-order chi connectivity index (χ0) is 16.9. The molecule has 3 rings (SSSR count). The number of likely N-dealkylation sites (tertiary alicyclic amines) is 1. The third kappa shape index (κ3) is 3.78. The number of pyridine rings is 1. The van der Waals surface area contributed by atoms with Crippen LogP contribution >= 0.6 is 0 Å². The van der Waals surface area contributed by atoms with Crippen molar-refractivity contribution in [3.63, 3.8) is 0 Å². The number of hydrogen-bond donors (Lipinski definition) is 0. The molecule has 1 aliphatic rings. The molecule has 0 spiro atoms. The second-order valence-electron chi connectivity index (χ2n) is 6.46. The van der Waals surface area contributed by atoms with Gasteiger partial charge in [0.25, 0.3) is 5.91 Å². The smallest absolute Gasteiger partial charge is 0.256 e. The third-order valence-corrected chi connectivity index (χ3v) is 4.22. The Morgan fingerprint density at radius 1 is 1.33 bits per heavy atom. The van der Waals surface area contributed by atoms with E-state index in [9.17, 15) is 4.79 Å². The van der Waals surface area contributed by atoms with Crippen LogP contribution in [-0.2, 0) is 0 Å². The van der Waals surface area contributed by atoms with E-state index in [1.54, 1.807) is 24.7 Å². The minimum atomic E-state index is -0.0139. The Morgan fingerprint density at radius 2 is 2.21 bits per heavy atom. The highest BCUT2D eigenvalue weighted by Gasteiger charge is 2.29. The lowest BCUT2D eigenvalue weighted by Gasteiger charge is -2.28. The monoisotopic (exact) mass is 328 g/mol. The summed E-state index contributed by atoms with van der Waals surface area (Å²) in [4.78, 5) is 19.2. The Bertz CT molecular complexity index is 667. The first-order chi connectivity index (χ1) is 11.6. The van der Waals surface area contributed by atoms with Gasteiger partial charge in [-0.1, -0.05) is 12.8 Å². The van der Waals surface area contributed by atoms with Crippen LogP contribution in [0.2, 0.25) is 0 Å². The largest absolute Gasteiger partial charge is 0.489 e. The van der Waals surface area contributed by atoms with Crippen LogP contribution in [0.3, 0.4) is 0 Å². The summed E-state index contributed by atoms with van der Waals surface area (Å²) in [7, 11) is 0. The molecule has 0 N–H and O–H groups in total. The maximum atomic E-state index is 13.1. The Labute approximate surface area is 142 Å². The van der Waals surface area contributed by atoms with Crippen molar-refractivity contribution >= 4 is 5.91 Å². The van der Waals surface area contributed by atoms with Gasteiger partial charge in [-0.05, 0) is 44.9 Å². The average molecular weight is 328 g/mol. The molecule has 1 unspecified atom stereocenters. The van der Waals surface area contributed by atoms with Crippen LogP contribution in [0.5, 0.6) is 5.75 Å². The predicted molar refractivity (Wildman–Crippen MR) is 91.0 cm³/mol. The second kappa shape index (κ2) is 7.51. The van der Waals surface area contributed by atoms with E-state index in [0.717, 1.165) is 38.0 Å². The van der Waals surface area contributed by atoms with E-state index < -0.39 is 0 Å². The molecule has 24 heavy (non-hydrogen) atoms. The Hall–Kier alpha value is -2.30. The fourth-order valence-corrected chi connectivity index (χ4v) is 3.17. The first-order valence-electron chi connectivity index (χ1n) is 8.61. The molecule has 1 amide bonds. The van der Waals surface area contributed by atoms with Crippen molar-refractivity contribution in [3.8, 4) is 5.75 Å². The van der Waals surface area contributed by atoms with Gasteiger partial charge in [-0.2, -0.15) is 0 Å². The molecule has 5 nitrogen and oxygen atoms in total. The molecule has 2 aromatic rings. The van der Waals surface area contributed by atoms with E-state index in [4.69, 9.17) is 9.15 Å². The van der Waals surface area contributed by atoms with E-state index >= 15 is 0 Å². The summed E-state index contributed by atoms with van der Waals surface area (Å²) in [5.41, 5.74) is 0.562. The number of hydrogen-bond acceptors (Lipinski definition) is 4. The fourth-order valence-electron chi connectivity index (χ4n) is 3.17. The Morgan fingerprint density at radius 3 is 2.96 bits per heavy atom. The summed E-state index contributed by atoms with van der Waals surface area (Å²) in [6, 6.07) is 5.60. The highest BCUT2D eigenvalue weighted by Crippen LogP contribution is 2.32. The maximum Gasteiger partial charge on any atom is 0.256 e. The van der Waals surface area contributed by atoms with E-state index in [0.29, 0.717) is 11.3 Å². The molecule has 1 atom stereocenters. The quantitative estimate of drug-likeness (QED) is 0.843. The van der Waals surface area contributed by atoms with Crippen molar-refractivity contribution in [2.75, 3.05) is 6.54 Å². The van der Waals surface area contributed by atoms with Crippen LogP contribution in [0.15, 0.2) is 41.3 Å². The Kier molecular flexibility index (Phi) is 5.18. The third-order valence-electron chi connectivity index (χ3n) is 4.22. The molecule has 1 saturated heterocycles. The van der Waals surface area contributed by atoms with Gasteiger partial charge in [-0.15, -0.1) is 0 Å². The molecule has 3 heterocycles. The number of ether oxygens (including phenoxy) is 1. The number of amides is 1. The van der Waals surface area contributed by atoms with E-state index in [1.807, 2.05) is 30.9 Å². The van der Waals surface area contributed by atoms with Gasteiger partial charge in [0.2, 0.25) is 0 Å². The van der Waals surface area contributed by atoms with Gasteiger partial charge in [0.1, 0.15) is 11.5 Å². The topological polar surface area (TPSA) is 55.6 Å². The minimum Gasteiger partial charge on any atom is -0.489 e. The molecule has 1 aliphatic heterocycles. The van der Waals surface area contributed by atoms with Crippen molar-refractivity contribution in [1.82, 2.24) is 9.88 Å². The van der Waals surface area contributed by atoms with Gasteiger partial charge < -0.3 is 14.1 Å². The number of carbonyl (C=O) groups excluding carboxylic acids is 1. The van der Waals surface area contributed by atoms with Gasteiger partial charge in [-0.25, -0.2) is 0 Å². The van der Waals surface area contributed by atoms with Gasteiger partial charge in [0.05, 0.1) is 30.2 Å². The predicted octanol–water partition coefficient (Wildman–Crippen LogP) is 4.22. The van der Waals surface area contributed by atoms with E-state index in [2.05, 4.69) is 4.98 Å². The maximum absolute atomic E-state index is 13.1.